The maximum Gasteiger partial charge on any atom is 0.496 e. The van der Waals surface area contributed by atoms with Crippen molar-refractivity contribution in [3.63, 3.8) is 0 Å². The summed E-state index contributed by atoms with van der Waals surface area (Å²) >= 11 is 0. The number of hydrogen-bond donors (Lipinski definition) is 0. The third-order valence-corrected chi connectivity index (χ3v) is 7.55. The Hall–Kier alpha value is -2.56. The van der Waals surface area contributed by atoms with Gasteiger partial charge in [-0.3, -0.25) is 9.78 Å². The Bertz CT molecular complexity index is 1150. The van der Waals surface area contributed by atoms with Crippen LogP contribution in [0.5, 0.6) is 5.75 Å². The lowest BCUT2D eigenvalue weighted by atomic mass is 9.79. The lowest BCUT2D eigenvalue weighted by molar-refractivity contribution is 0.00578. The average molecular weight is 500 g/mol. The molecule has 0 radical (unpaired) electrons. The topological polar surface area (TPSA) is 70.1 Å². The molecule has 0 saturated carbocycles. The molecule has 0 spiro atoms. The number of ether oxygens (including phenoxy) is 2. The Morgan fingerprint density at radius 2 is 1.81 bits per heavy atom. The van der Waals surface area contributed by atoms with Crippen molar-refractivity contribution in [2.75, 3.05) is 19.8 Å². The number of halogens is 2. The average Bonchev–Trinajstić information content (AvgIpc) is 3.05. The Morgan fingerprint density at radius 3 is 2.50 bits per heavy atom. The number of amides is 1. The molecule has 2 fully saturated rings. The van der Waals surface area contributed by atoms with Crippen LogP contribution in [0.4, 0.5) is 8.78 Å². The zero-order valence-electron chi connectivity index (χ0n) is 21.1. The van der Waals surface area contributed by atoms with Crippen molar-refractivity contribution in [1.29, 1.82) is 0 Å². The summed E-state index contributed by atoms with van der Waals surface area (Å²) in [6, 6.07) is 3.80. The number of carbonyl (C=O) groups excluding carboxylic acids is 1. The Balaban J connectivity index is 1.38. The van der Waals surface area contributed by atoms with E-state index in [2.05, 4.69) is 4.98 Å². The number of aromatic nitrogens is 1. The van der Waals surface area contributed by atoms with Crippen molar-refractivity contribution in [2.45, 2.75) is 70.8 Å². The minimum atomic E-state index is -0.772. The van der Waals surface area contributed by atoms with Gasteiger partial charge in [-0.1, -0.05) is 0 Å². The number of hydrogen-bond acceptors (Lipinski definition) is 6. The SMILES string of the molecule is CC1(C)OB(c2cnc3c(c2)C(=O)N(Cc2cc(F)cc(F)c2OC2CCOCC2)CC3)OC1(C)C. The van der Waals surface area contributed by atoms with Gasteiger partial charge < -0.3 is 23.7 Å². The molecule has 5 rings (SSSR count). The number of rotatable bonds is 5. The van der Waals surface area contributed by atoms with Crippen LogP contribution in [0.25, 0.3) is 0 Å². The summed E-state index contributed by atoms with van der Waals surface area (Å²) < 4.78 is 52.5. The van der Waals surface area contributed by atoms with Gasteiger partial charge in [-0.05, 0) is 39.8 Å². The summed E-state index contributed by atoms with van der Waals surface area (Å²) in [5.41, 5.74) is 1.03. The molecule has 0 atom stereocenters. The smallest absolute Gasteiger partial charge is 0.487 e. The molecule has 1 aromatic carbocycles. The van der Waals surface area contributed by atoms with Gasteiger partial charge in [0.15, 0.2) is 11.6 Å². The van der Waals surface area contributed by atoms with Crippen LogP contribution in [-0.2, 0) is 27.0 Å². The van der Waals surface area contributed by atoms with Gasteiger partial charge in [0.1, 0.15) is 11.9 Å². The summed E-state index contributed by atoms with van der Waals surface area (Å²) in [5, 5.41) is 0. The van der Waals surface area contributed by atoms with Crippen molar-refractivity contribution in [1.82, 2.24) is 9.88 Å². The zero-order chi connectivity index (χ0) is 25.7. The number of carbonyl (C=O) groups is 1. The van der Waals surface area contributed by atoms with E-state index in [-0.39, 0.29) is 24.3 Å². The number of pyridine rings is 1. The molecule has 1 amide bonds. The van der Waals surface area contributed by atoms with Gasteiger partial charge >= 0.3 is 7.12 Å². The van der Waals surface area contributed by atoms with Crippen molar-refractivity contribution < 1.29 is 32.4 Å². The fourth-order valence-electron chi connectivity index (χ4n) is 4.69. The van der Waals surface area contributed by atoms with Crippen molar-refractivity contribution in [2.24, 2.45) is 0 Å². The number of benzene rings is 1. The second-order valence-corrected chi connectivity index (χ2v) is 10.6. The highest BCUT2D eigenvalue weighted by Gasteiger charge is 2.52. The summed E-state index contributed by atoms with van der Waals surface area (Å²) in [4.78, 5) is 19.6. The van der Waals surface area contributed by atoms with Crippen LogP contribution in [-0.4, -0.2) is 60.0 Å². The second kappa shape index (κ2) is 9.39. The maximum absolute atomic E-state index is 14.8. The molecule has 2 saturated heterocycles. The van der Waals surface area contributed by atoms with Crippen LogP contribution in [0.3, 0.4) is 0 Å². The lowest BCUT2D eigenvalue weighted by Gasteiger charge is -2.32. The van der Waals surface area contributed by atoms with E-state index in [0.717, 1.165) is 6.07 Å². The fourth-order valence-corrected chi connectivity index (χ4v) is 4.69. The Morgan fingerprint density at radius 1 is 1.11 bits per heavy atom. The number of fused-ring (bicyclic) bond motifs is 1. The monoisotopic (exact) mass is 500 g/mol. The molecule has 2 aromatic rings. The summed E-state index contributed by atoms with van der Waals surface area (Å²) in [5.74, 6) is -1.75. The molecule has 10 heteroatoms. The molecule has 0 unspecified atom stereocenters. The molecule has 4 heterocycles. The molecule has 0 bridgehead atoms. The van der Waals surface area contributed by atoms with Gasteiger partial charge in [0.05, 0.1) is 35.7 Å². The van der Waals surface area contributed by atoms with Gasteiger partial charge in [-0.25, -0.2) is 8.78 Å². The van der Waals surface area contributed by atoms with Crippen LogP contribution < -0.4 is 10.2 Å². The molecule has 1 aromatic heterocycles. The fraction of sp³-hybridized carbons (Fsp3) is 0.538. The molecule has 36 heavy (non-hydrogen) atoms. The van der Waals surface area contributed by atoms with E-state index in [4.69, 9.17) is 18.8 Å². The lowest BCUT2D eigenvalue weighted by Crippen LogP contribution is -2.41. The first-order chi connectivity index (χ1) is 17.0. The van der Waals surface area contributed by atoms with E-state index in [1.165, 1.54) is 6.07 Å². The summed E-state index contributed by atoms with van der Waals surface area (Å²) in [7, 11) is -0.646. The standard InChI is InChI=1S/C26H31BF2N2O5/c1-25(2)26(3,4)36-27(35-25)17-12-20-22(30-14-17)5-8-31(24(20)32)15-16-11-18(28)13-21(29)23(16)34-19-6-9-33-10-7-19/h11-14,19H,5-10,15H2,1-4H3. The first-order valence-electron chi connectivity index (χ1n) is 12.4. The van der Waals surface area contributed by atoms with Crippen LogP contribution in [0.15, 0.2) is 24.4 Å². The van der Waals surface area contributed by atoms with E-state index >= 15 is 0 Å². The van der Waals surface area contributed by atoms with Crippen LogP contribution in [0.1, 0.15) is 62.2 Å². The zero-order valence-corrected chi connectivity index (χ0v) is 21.1. The van der Waals surface area contributed by atoms with E-state index in [1.54, 1.807) is 17.2 Å². The van der Waals surface area contributed by atoms with Crippen LogP contribution in [0, 0.1) is 11.6 Å². The first kappa shape index (κ1) is 25.1. The van der Waals surface area contributed by atoms with E-state index in [0.29, 0.717) is 61.3 Å². The normalized spacial score (nSPS) is 21.6. The largest absolute Gasteiger partial charge is 0.496 e. The molecule has 192 valence electrons. The highest BCUT2D eigenvalue weighted by atomic mass is 19.1. The molecule has 3 aliphatic rings. The van der Waals surface area contributed by atoms with Gasteiger partial charge in [0.25, 0.3) is 5.91 Å². The summed E-state index contributed by atoms with van der Waals surface area (Å²) in [6.45, 7) is 9.31. The van der Waals surface area contributed by atoms with Crippen molar-refractivity contribution >= 4 is 18.5 Å². The van der Waals surface area contributed by atoms with E-state index < -0.39 is 30.0 Å². The highest BCUT2D eigenvalue weighted by Crippen LogP contribution is 2.37. The molecule has 7 nitrogen and oxygen atoms in total. The van der Waals surface area contributed by atoms with Gasteiger partial charge in [0.2, 0.25) is 0 Å². The van der Waals surface area contributed by atoms with Crippen molar-refractivity contribution in [3.05, 3.63) is 52.9 Å². The predicted molar refractivity (Wildman–Crippen MR) is 129 cm³/mol. The summed E-state index contributed by atoms with van der Waals surface area (Å²) in [6.07, 6.45) is 3.24. The van der Waals surface area contributed by atoms with E-state index in [9.17, 15) is 13.6 Å². The van der Waals surface area contributed by atoms with Crippen LogP contribution >= 0.6 is 0 Å². The quantitative estimate of drug-likeness (QED) is 0.587. The molecule has 0 N–H and O–H groups in total. The third-order valence-electron chi connectivity index (χ3n) is 7.55. The van der Waals surface area contributed by atoms with Gasteiger partial charge in [-0.2, -0.15) is 0 Å². The molecular weight excluding hydrogens is 469 g/mol. The first-order valence-corrected chi connectivity index (χ1v) is 12.4. The second-order valence-electron chi connectivity index (χ2n) is 10.6. The van der Waals surface area contributed by atoms with E-state index in [1.807, 2.05) is 27.7 Å². The van der Waals surface area contributed by atoms with Gasteiger partial charge in [0, 0.05) is 55.6 Å². The molecule has 3 aliphatic heterocycles. The van der Waals surface area contributed by atoms with Crippen molar-refractivity contribution in [3.8, 4) is 5.75 Å². The van der Waals surface area contributed by atoms with Crippen LogP contribution in [0.2, 0.25) is 0 Å². The molecular formula is C26H31BF2N2O5. The minimum absolute atomic E-state index is 0.00834. The Labute approximate surface area is 210 Å². The predicted octanol–water partition coefficient (Wildman–Crippen LogP) is 3.42. The minimum Gasteiger partial charge on any atom is -0.487 e. The Kier molecular flexibility index (Phi) is 6.55. The molecule has 0 aliphatic carbocycles. The number of nitrogens with zero attached hydrogens (tertiary/aromatic N) is 2. The third kappa shape index (κ3) is 4.74. The highest BCUT2D eigenvalue weighted by molar-refractivity contribution is 6.62. The maximum atomic E-state index is 14.8. The van der Waals surface area contributed by atoms with Gasteiger partial charge in [-0.15, -0.1) is 0 Å².